The lowest BCUT2D eigenvalue weighted by Crippen LogP contribution is -2.46. The Hall–Kier alpha value is -5.16. The Balaban J connectivity index is 1.29. The molecule has 0 fully saturated rings. The van der Waals surface area contributed by atoms with Gasteiger partial charge in [-0.25, -0.2) is 9.59 Å². The average Bonchev–Trinajstić information content (AvgIpc) is 3.10. The summed E-state index contributed by atoms with van der Waals surface area (Å²) in [4.78, 5) is 51.3. The molecule has 3 aromatic rings. The van der Waals surface area contributed by atoms with Gasteiger partial charge in [0.2, 0.25) is 11.8 Å². The second-order valence-corrected chi connectivity index (χ2v) is 11.7. The molecule has 0 bridgehead atoms. The zero-order chi connectivity index (χ0) is 34.1. The Morgan fingerprint density at radius 2 is 1.54 bits per heavy atom. The Kier molecular flexibility index (Phi) is 14.0. The highest BCUT2D eigenvalue weighted by Gasteiger charge is 2.27. The highest BCUT2D eigenvalue weighted by molar-refractivity contribution is 5.86. The van der Waals surface area contributed by atoms with Crippen LogP contribution >= 0.6 is 0 Å². The summed E-state index contributed by atoms with van der Waals surface area (Å²) in [6.45, 7) is 1.78. The minimum atomic E-state index is -0.997. The molecule has 4 rings (SSSR count). The minimum absolute atomic E-state index is 0.0463. The molecule has 4 N–H and O–H groups in total. The van der Waals surface area contributed by atoms with Gasteiger partial charge in [0.25, 0.3) is 0 Å². The van der Waals surface area contributed by atoms with E-state index in [0.29, 0.717) is 18.8 Å². The van der Waals surface area contributed by atoms with Gasteiger partial charge in [-0.2, -0.15) is 0 Å². The lowest BCUT2D eigenvalue weighted by Gasteiger charge is -2.23. The van der Waals surface area contributed by atoms with Gasteiger partial charge in [-0.05, 0) is 55.0 Å². The van der Waals surface area contributed by atoms with E-state index in [2.05, 4.69) is 16.0 Å². The number of rotatable bonds is 12. The molecule has 0 spiro atoms. The quantitative estimate of drug-likeness (QED) is 0.169. The number of benzene rings is 3. The highest BCUT2D eigenvalue weighted by Crippen LogP contribution is 2.17. The van der Waals surface area contributed by atoms with Gasteiger partial charge in [0, 0.05) is 6.42 Å². The molecular formula is C37H43N3O8. The average molecular weight is 658 g/mol. The molecule has 254 valence electrons. The third-order valence-corrected chi connectivity index (χ3v) is 7.65. The number of aliphatic hydroxyl groups excluding tert-OH is 1. The number of amides is 3. The third-order valence-electron chi connectivity index (χ3n) is 7.65. The second-order valence-electron chi connectivity index (χ2n) is 11.7. The van der Waals surface area contributed by atoms with Crippen LogP contribution in [-0.4, -0.2) is 60.3 Å². The van der Waals surface area contributed by atoms with Crippen molar-refractivity contribution in [3.8, 4) is 5.75 Å². The van der Waals surface area contributed by atoms with Crippen LogP contribution < -0.4 is 20.7 Å². The Morgan fingerprint density at radius 1 is 0.896 bits per heavy atom. The summed E-state index contributed by atoms with van der Waals surface area (Å²) in [6.07, 6.45) is 3.21. The molecule has 0 saturated heterocycles. The number of hydrogen-bond donors (Lipinski definition) is 4. The van der Waals surface area contributed by atoms with Crippen LogP contribution in [0.3, 0.4) is 0 Å². The zero-order valence-electron chi connectivity index (χ0n) is 27.0. The molecule has 11 heteroatoms. The number of ether oxygens (including phenoxy) is 3. The van der Waals surface area contributed by atoms with E-state index < -0.39 is 36.1 Å². The first-order valence-corrected chi connectivity index (χ1v) is 16.0. The van der Waals surface area contributed by atoms with Crippen LogP contribution in [0, 0.1) is 5.92 Å². The van der Waals surface area contributed by atoms with E-state index in [1.54, 1.807) is 19.1 Å². The van der Waals surface area contributed by atoms with E-state index in [-0.39, 0.29) is 50.9 Å². The van der Waals surface area contributed by atoms with Crippen LogP contribution in [0.25, 0.3) is 0 Å². The molecule has 11 nitrogen and oxygen atoms in total. The first kappa shape index (κ1) is 35.7. The summed E-state index contributed by atoms with van der Waals surface area (Å²) in [7, 11) is 0. The number of aliphatic hydroxyl groups is 1. The van der Waals surface area contributed by atoms with Crippen LogP contribution in [0.5, 0.6) is 5.75 Å². The number of carbonyl (C=O) groups excluding carboxylic acids is 4. The first-order chi connectivity index (χ1) is 23.3. The minimum Gasteiger partial charge on any atom is -0.489 e. The van der Waals surface area contributed by atoms with Crippen LogP contribution in [-0.2, 0) is 43.5 Å². The topological polar surface area (TPSA) is 152 Å². The third kappa shape index (κ3) is 12.2. The van der Waals surface area contributed by atoms with Crippen molar-refractivity contribution in [1.29, 1.82) is 0 Å². The number of carbonyl (C=O) groups is 4. The number of nitrogens with one attached hydrogen (secondary N) is 3. The van der Waals surface area contributed by atoms with Crippen molar-refractivity contribution >= 4 is 23.9 Å². The molecule has 0 saturated carbocycles. The zero-order valence-corrected chi connectivity index (χ0v) is 27.0. The van der Waals surface area contributed by atoms with Crippen LogP contribution in [0.2, 0.25) is 0 Å². The summed E-state index contributed by atoms with van der Waals surface area (Å²) in [5.41, 5.74) is 2.77. The molecule has 4 atom stereocenters. The number of esters is 1. The predicted octanol–water partition coefficient (Wildman–Crippen LogP) is 3.98. The van der Waals surface area contributed by atoms with Crippen molar-refractivity contribution in [2.24, 2.45) is 5.92 Å². The smallest absolute Gasteiger partial charge is 0.408 e. The van der Waals surface area contributed by atoms with Gasteiger partial charge in [-0.1, -0.05) is 84.9 Å². The maximum atomic E-state index is 13.1. The number of cyclic esters (lactones) is 1. The molecular weight excluding hydrogens is 614 g/mol. The maximum absolute atomic E-state index is 13.1. The summed E-state index contributed by atoms with van der Waals surface area (Å²) in [5, 5.41) is 18.2. The van der Waals surface area contributed by atoms with Crippen molar-refractivity contribution in [2.75, 3.05) is 13.2 Å². The van der Waals surface area contributed by atoms with Crippen molar-refractivity contribution in [3.05, 3.63) is 114 Å². The fourth-order valence-corrected chi connectivity index (χ4v) is 5.03. The van der Waals surface area contributed by atoms with E-state index in [9.17, 15) is 24.3 Å². The largest absolute Gasteiger partial charge is 0.489 e. The monoisotopic (exact) mass is 657 g/mol. The van der Waals surface area contributed by atoms with Gasteiger partial charge in [-0.3, -0.25) is 9.59 Å². The standard InChI is InChI=1S/C37H43N3O8/c1-26-23-47-36(44)33(40-37(45)48-25-29-12-6-3-7-13-29)15-9-8-14-30(35(43)38-26)21-34(42)39-31(22-41)20-27-16-18-32(19-17-27)46-24-28-10-4-2-5-11-28/h2-13,16-19,26,30-31,33,41H,14-15,20-25H2,1H3,(H,38,43)(H,39,42)(H,40,45)/t26-,30+,31-,33+/m0/s1. The summed E-state index contributed by atoms with van der Waals surface area (Å²) in [5.74, 6) is -1.38. The molecule has 48 heavy (non-hydrogen) atoms. The first-order valence-electron chi connectivity index (χ1n) is 16.0. The molecule has 0 unspecified atom stereocenters. The van der Waals surface area contributed by atoms with Crippen molar-refractivity contribution in [1.82, 2.24) is 16.0 Å². The van der Waals surface area contributed by atoms with E-state index in [1.165, 1.54) is 0 Å². The molecule has 3 amide bonds. The molecule has 1 aliphatic heterocycles. The molecule has 0 aromatic heterocycles. The van der Waals surface area contributed by atoms with Gasteiger partial charge in [0.1, 0.15) is 31.6 Å². The van der Waals surface area contributed by atoms with Crippen molar-refractivity contribution < 1.29 is 38.5 Å². The number of alkyl carbamates (subject to hydrolysis) is 1. The Morgan fingerprint density at radius 3 is 2.21 bits per heavy atom. The lowest BCUT2D eigenvalue weighted by atomic mass is 9.97. The molecule has 0 aliphatic carbocycles. The lowest BCUT2D eigenvalue weighted by molar-refractivity contribution is -0.147. The predicted molar refractivity (Wildman–Crippen MR) is 179 cm³/mol. The molecule has 1 aliphatic rings. The molecule has 1 heterocycles. The van der Waals surface area contributed by atoms with E-state index >= 15 is 0 Å². The Labute approximate surface area is 280 Å². The van der Waals surface area contributed by atoms with Gasteiger partial charge in [0.05, 0.1) is 24.6 Å². The van der Waals surface area contributed by atoms with Crippen LogP contribution in [0.15, 0.2) is 97.1 Å². The molecule has 3 aromatic carbocycles. The van der Waals surface area contributed by atoms with E-state index in [1.807, 2.05) is 84.9 Å². The summed E-state index contributed by atoms with van der Waals surface area (Å²) < 4.78 is 16.4. The van der Waals surface area contributed by atoms with Crippen LogP contribution in [0.1, 0.15) is 42.9 Å². The van der Waals surface area contributed by atoms with E-state index in [4.69, 9.17) is 14.2 Å². The van der Waals surface area contributed by atoms with Crippen molar-refractivity contribution in [3.63, 3.8) is 0 Å². The fraction of sp³-hybridized carbons (Fsp3) is 0.351. The van der Waals surface area contributed by atoms with Gasteiger partial charge >= 0.3 is 12.1 Å². The molecule has 0 radical (unpaired) electrons. The SMILES string of the molecule is C[C@H]1COC(=O)[C@H](NC(=O)OCc2ccccc2)CC=CC[C@H](CC(=O)N[C@H](CO)Cc2ccc(OCc3ccccc3)cc2)C(=O)N1. The highest BCUT2D eigenvalue weighted by atomic mass is 16.6. The number of hydrogen-bond acceptors (Lipinski definition) is 8. The van der Waals surface area contributed by atoms with Gasteiger partial charge < -0.3 is 35.3 Å². The summed E-state index contributed by atoms with van der Waals surface area (Å²) >= 11 is 0. The van der Waals surface area contributed by atoms with Gasteiger partial charge in [-0.15, -0.1) is 0 Å². The fourth-order valence-electron chi connectivity index (χ4n) is 5.03. The normalized spacial score (nSPS) is 19.0. The van der Waals surface area contributed by atoms with Crippen LogP contribution in [0.4, 0.5) is 4.79 Å². The maximum Gasteiger partial charge on any atom is 0.408 e. The van der Waals surface area contributed by atoms with E-state index in [0.717, 1.165) is 16.7 Å². The van der Waals surface area contributed by atoms with Gasteiger partial charge in [0.15, 0.2) is 0 Å². The van der Waals surface area contributed by atoms with Crippen molar-refractivity contribution in [2.45, 2.75) is 63.9 Å². The Bertz CT molecular complexity index is 1500. The summed E-state index contributed by atoms with van der Waals surface area (Å²) in [6, 6.07) is 24.4. The second kappa shape index (κ2) is 18.9. The number of allylic oxidation sites excluding steroid dienone is 1.